The number of phosphoric acid groups is 2. The Kier molecular flexibility index (Phi) is 5.16. The third-order valence-electron chi connectivity index (χ3n) is 4.47. The first-order valence-electron chi connectivity index (χ1n) is 8.66. The van der Waals surface area contributed by atoms with Crippen molar-refractivity contribution >= 4 is 37.2 Å². The third-order valence-corrected chi connectivity index (χ3v) is 5.34. The monoisotopic (exact) mass is 446 g/mol. The largest absolute Gasteiger partial charge is 0.524 e. The molecule has 0 fully saturated rings. The van der Waals surface area contributed by atoms with E-state index in [9.17, 15) is 28.7 Å². The van der Waals surface area contributed by atoms with Crippen LogP contribution in [0.1, 0.15) is 0 Å². The lowest BCUT2D eigenvalue weighted by Gasteiger charge is -2.19. The molecule has 0 aliphatic rings. The molecule has 0 aliphatic carbocycles. The Labute approximate surface area is 170 Å². The van der Waals surface area contributed by atoms with Crippen LogP contribution in [0.15, 0.2) is 72.8 Å². The van der Waals surface area contributed by atoms with E-state index in [2.05, 4.69) is 0 Å². The Balaban J connectivity index is 2.16. The molecular formula is C20H16O8P2. The highest BCUT2D eigenvalue weighted by molar-refractivity contribution is 7.47. The van der Waals surface area contributed by atoms with E-state index in [-0.39, 0.29) is 22.6 Å². The summed E-state index contributed by atoms with van der Waals surface area (Å²) in [6.07, 6.45) is 0. The first-order valence-corrected chi connectivity index (χ1v) is 11.7. The van der Waals surface area contributed by atoms with Crippen LogP contribution in [-0.2, 0) is 9.13 Å². The lowest BCUT2D eigenvalue weighted by molar-refractivity contribution is 0.280. The molecule has 30 heavy (non-hydrogen) atoms. The van der Waals surface area contributed by atoms with Gasteiger partial charge in [-0.1, -0.05) is 60.7 Å². The quantitative estimate of drug-likeness (QED) is 0.327. The van der Waals surface area contributed by atoms with Crippen molar-refractivity contribution in [2.75, 3.05) is 0 Å². The highest BCUT2D eigenvalue weighted by Crippen LogP contribution is 2.51. The first-order chi connectivity index (χ1) is 14.1. The molecule has 0 saturated carbocycles. The van der Waals surface area contributed by atoms with Gasteiger partial charge in [-0.3, -0.25) is 19.6 Å². The molecule has 0 unspecified atom stereocenters. The summed E-state index contributed by atoms with van der Waals surface area (Å²) in [5, 5.41) is 2.60. The molecular weight excluding hydrogens is 430 g/mol. The van der Waals surface area contributed by atoms with Gasteiger partial charge in [-0.05, 0) is 33.7 Å². The second kappa shape index (κ2) is 7.52. The molecule has 4 rings (SSSR count). The van der Waals surface area contributed by atoms with Crippen molar-refractivity contribution in [1.82, 2.24) is 0 Å². The molecule has 0 aliphatic heterocycles. The topological polar surface area (TPSA) is 134 Å². The minimum Gasteiger partial charge on any atom is -0.404 e. The Morgan fingerprint density at radius 2 is 0.900 bits per heavy atom. The number of hydrogen-bond donors (Lipinski definition) is 4. The van der Waals surface area contributed by atoms with E-state index in [4.69, 9.17) is 9.05 Å². The van der Waals surface area contributed by atoms with Gasteiger partial charge in [0.15, 0.2) is 0 Å². The van der Waals surface area contributed by atoms with Gasteiger partial charge in [0.05, 0.1) is 0 Å². The number of benzene rings is 4. The van der Waals surface area contributed by atoms with Crippen LogP contribution in [0.3, 0.4) is 0 Å². The molecule has 0 saturated heterocycles. The average molecular weight is 446 g/mol. The molecule has 4 aromatic rings. The fraction of sp³-hybridized carbons (Fsp3) is 0. The average Bonchev–Trinajstić information content (AvgIpc) is 2.66. The zero-order valence-corrected chi connectivity index (χ0v) is 17.0. The zero-order chi connectivity index (χ0) is 21.5. The van der Waals surface area contributed by atoms with Gasteiger partial charge in [0, 0.05) is 11.1 Å². The van der Waals surface area contributed by atoms with Crippen molar-refractivity contribution in [3.05, 3.63) is 72.8 Å². The summed E-state index contributed by atoms with van der Waals surface area (Å²) in [4.78, 5) is 37.7. The van der Waals surface area contributed by atoms with E-state index >= 15 is 0 Å². The smallest absolute Gasteiger partial charge is 0.404 e. The number of phosphoric ester groups is 2. The van der Waals surface area contributed by atoms with E-state index in [1.165, 1.54) is 12.1 Å². The summed E-state index contributed by atoms with van der Waals surface area (Å²) in [5.41, 5.74) is 0.494. The first kappa shape index (κ1) is 20.6. The molecule has 0 atom stereocenters. The van der Waals surface area contributed by atoms with Crippen molar-refractivity contribution in [2.24, 2.45) is 0 Å². The van der Waals surface area contributed by atoms with Gasteiger partial charge in [0.25, 0.3) is 0 Å². The molecule has 0 amide bonds. The zero-order valence-electron chi connectivity index (χ0n) is 15.2. The summed E-state index contributed by atoms with van der Waals surface area (Å²) in [7, 11) is -9.85. The predicted octanol–water partition coefficient (Wildman–Crippen LogP) is 4.60. The molecule has 4 N–H and O–H groups in total. The maximum Gasteiger partial charge on any atom is 0.524 e. The molecule has 0 spiro atoms. The van der Waals surface area contributed by atoms with Gasteiger partial charge in [0.1, 0.15) is 11.5 Å². The van der Waals surface area contributed by atoms with E-state index in [0.29, 0.717) is 10.8 Å². The fourth-order valence-corrected chi connectivity index (χ4v) is 4.24. The normalized spacial score (nSPS) is 12.3. The van der Waals surface area contributed by atoms with E-state index in [1.54, 1.807) is 60.7 Å². The van der Waals surface area contributed by atoms with Crippen LogP contribution in [-0.4, -0.2) is 19.6 Å². The third kappa shape index (κ3) is 4.25. The summed E-state index contributed by atoms with van der Waals surface area (Å²) < 4.78 is 33.1. The van der Waals surface area contributed by atoms with Crippen molar-refractivity contribution in [3.63, 3.8) is 0 Å². The molecule has 8 nitrogen and oxygen atoms in total. The standard InChI is InChI=1S/C20H16O8P2/c21-29(22,23)27-17-11-9-13-5-1-3-7-15(13)19(17)20-16-8-4-2-6-14(16)10-12-18(20)28-30(24,25)26/h1-12H,(H2,21,22,23)(H2,24,25,26). The number of rotatable bonds is 5. The van der Waals surface area contributed by atoms with Crippen molar-refractivity contribution in [1.29, 1.82) is 0 Å². The van der Waals surface area contributed by atoms with Gasteiger partial charge < -0.3 is 9.05 Å². The molecule has 0 aromatic heterocycles. The molecule has 0 radical (unpaired) electrons. The molecule has 4 aromatic carbocycles. The van der Waals surface area contributed by atoms with Gasteiger partial charge in [-0.25, -0.2) is 9.13 Å². The Morgan fingerprint density at radius 1 is 0.533 bits per heavy atom. The molecule has 10 heteroatoms. The molecule has 0 heterocycles. The highest BCUT2D eigenvalue weighted by atomic mass is 31.2. The maximum atomic E-state index is 11.6. The molecule has 154 valence electrons. The minimum absolute atomic E-state index is 0.144. The summed E-state index contributed by atoms with van der Waals surface area (Å²) in [6.45, 7) is 0. The van der Waals surface area contributed by atoms with Gasteiger partial charge in [0.2, 0.25) is 0 Å². The van der Waals surface area contributed by atoms with E-state index in [0.717, 1.165) is 10.8 Å². The fourth-order valence-electron chi connectivity index (χ4n) is 3.43. The number of fused-ring (bicyclic) bond motifs is 2. The minimum atomic E-state index is -4.92. The van der Waals surface area contributed by atoms with Crippen molar-refractivity contribution in [3.8, 4) is 22.6 Å². The van der Waals surface area contributed by atoms with Crippen LogP contribution < -0.4 is 9.05 Å². The summed E-state index contributed by atoms with van der Waals surface area (Å²) in [5.74, 6) is -0.289. The van der Waals surface area contributed by atoms with Gasteiger partial charge in [-0.2, -0.15) is 0 Å². The summed E-state index contributed by atoms with van der Waals surface area (Å²) >= 11 is 0. The summed E-state index contributed by atoms with van der Waals surface area (Å²) in [6, 6.07) is 20.2. The van der Waals surface area contributed by atoms with Crippen molar-refractivity contribution in [2.45, 2.75) is 0 Å². The lowest BCUT2D eigenvalue weighted by atomic mass is 9.92. The second-order valence-corrected chi connectivity index (χ2v) is 8.81. The maximum absolute atomic E-state index is 11.6. The SMILES string of the molecule is O=P(O)(O)Oc1ccc2ccccc2c1-c1c(OP(=O)(O)O)ccc2ccccc12. The van der Waals surface area contributed by atoms with Crippen LogP contribution in [0.25, 0.3) is 32.7 Å². The van der Waals surface area contributed by atoms with Gasteiger partial charge in [-0.15, -0.1) is 0 Å². The van der Waals surface area contributed by atoms with Crippen molar-refractivity contribution < 1.29 is 37.8 Å². The Bertz CT molecular complexity index is 1250. The number of hydrogen-bond acceptors (Lipinski definition) is 4. The van der Waals surface area contributed by atoms with E-state index in [1.807, 2.05) is 0 Å². The van der Waals surface area contributed by atoms with Crippen LogP contribution in [0, 0.1) is 0 Å². The van der Waals surface area contributed by atoms with Crippen LogP contribution in [0.4, 0.5) is 0 Å². The highest BCUT2D eigenvalue weighted by Gasteiger charge is 2.26. The van der Waals surface area contributed by atoms with Gasteiger partial charge >= 0.3 is 15.6 Å². The van der Waals surface area contributed by atoms with Crippen LogP contribution in [0.5, 0.6) is 11.5 Å². The predicted molar refractivity (Wildman–Crippen MR) is 112 cm³/mol. The van der Waals surface area contributed by atoms with E-state index < -0.39 is 15.6 Å². The Morgan fingerprint density at radius 3 is 1.27 bits per heavy atom. The van der Waals surface area contributed by atoms with Crippen LogP contribution >= 0.6 is 15.6 Å². The lowest BCUT2D eigenvalue weighted by Crippen LogP contribution is -1.98. The second-order valence-electron chi connectivity index (χ2n) is 6.48. The Hall–Kier alpha value is -2.70. The molecule has 0 bridgehead atoms. The van der Waals surface area contributed by atoms with Crippen LogP contribution in [0.2, 0.25) is 0 Å².